The molecule has 8 atom stereocenters. The lowest BCUT2D eigenvalue weighted by atomic mass is 9.91. The summed E-state index contributed by atoms with van der Waals surface area (Å²) in [5, 5.41) is 9.59. The number of nitrogens with zero attached hydrogens (tertiary/aromatic N) is 6. The van der Waals surface area contributed by atoms with Gasteiger partial charge in [-0.15, -0.1) is 0 Å². The number of carbonyl (C=O) groups excluding carboxylic acids is 6. The quantitative estimate of drug-likeness (QED) is 0.291. The Bertz CT molecular complexity index is 2100. The topological polar surface area (TPSA) is 176 Å². The van der Waals surface area contributed by atoms with Crippen LogP contribution in [0.1, 0.15) is 198 Å². The average molecular weight is 1120 g/mol. The number of amides is 6. The SMILES string of the molecule is CC(C)C(=O)N1C2CCC1CC(O)C2.CC(C)C(=O)N1CCCC1.CC(C)C(=O)N1CCS(=O)(=O)CC1.CC(C)C(=O)N1Cc2ccccc2C1.CC1C[C@H]2CC[C@@H](C1)N2C(=O)C(C)C.CC1C[C@H]2CC[C@@H](C1)N2C(=O)C(C)C. The van der Waals surface area contributed by atoms with Crippen LogP contribution in [0.15, 0.2) is 24.3 Å². The minimum Gasteiger partial charge on any atom is -0.393 e. The van der Waals surface area contributed by atoms with E-state index in [0.717, 1.165) is 63.7 Å². The molecule has 8 saturated heterocycles. The molecular weight excluding hydrogens is 1020 g/mol. The molecule has 1 N–H and O–H groups in total. The Hall–Kier alpha value is -4.05. The number of hydrogen-bond acceptors (Lipinski definition) is 9. The number of piperidine rings is 3. The number of sulfone groups is 1. The normalized spacial score (nSPS) is 28.0. The van der Waals surface area contributed by atoms with Gasteiger partial charge in [-0.05, 0) is 113 Å². The Balaban J connectivity index is 0.000000175. The fourth-order valence-electron chi connectivity index (χ4n) is 13.5. The summed E-state index contributed by atoms with van der Waals surface area (Å²) in [7, 11) is -2.87. The summed E-state index contributed by atoms with van der Waals surface area (Å²) < 4.78 is 22.1. The number of benzene rings is 1. The van der Waals surface area contributed by atoms with Gasteiger partial charge in [0.1, 0.15) is 0 Å². The first kappa shape index (κ1) is 65.8. The van der Waals surface area contributed by atoms with Crippen LogP contribution in [-0.2, 0) is 51.7 Å². The number of aliphatic hydroxyl groups excluding tert-OH is 1. The highest BCUT2D eigenvalue weighted by Crippen LogP contribution is 2.41. The van der Waals surface area contributed by atoms with Gasteiger partial charge in [0, 0.05) is 111 Å². The molecule has 6 amide bonds. The van der Waals surface area contributed by atoms with Crippen molar-refractivity contribution in [1.82, 2.24) is 29.4 Å². The summed E-state index contributed by atoms with van der Waals surface area (Å²) in [6.07, 6.45) is 15.8. The molecule has 4 unspecified atom stereocenters. The van der Waals surface area contributed by atoms with Crippen LogP contribution in [0.4, 0.5) is 0 Å². The molecule has 6 bridgehead atoms. The van der Waals surface area contributed by atoms with Gasteiger partial charge in [-0.25, -0.2) is 8.42 Å². The predicted molar refractivity (Wildman–Crippen MR) is 314 cm³/mol. The largest absolute Gasteiger partial charge is 0.393 e. The molecule has 9 aliphatic rings. The van der Waals surface area contributed by atoms with E-state index in [1.807, 2.05) is 110 Å². The van der Waals surface area contributed by atoms with Gasteiger partial charge in [0.2, 0.25) is 35.4 Å². The highest BCUT2D eigenvalue weighted by molar-refractivity contribution is 7.91. The molecule has 10 rings (SSSR count). The Morgan fingerprint density at radius 3 is 0.975 bits per heavy atom. The smallest absolute Gasteiger partial charge is 0.225 e. The lowest BCUT2D eigenvalue weighted by Gasteiger charge is -2.38. The molecule has 9 heterocycles. The minimum atomic E-state index is -2.87. The summed E-state index contributed by atoms with van der Waals surface area (Å²) in [5.41, 5.74) is 2.59. The molecule has 9 aliphatic heterocycles. The maximum atomic E-state index is 12.0. The van der Waals surface area contributed by atoms with Gasteiger partial charge in [0.05, 0.1) is 17.6 Å². The van der Waals surface area contributed by atoms with E-state index in [-0.39, 0.29) is 70.8 Å². The van der Waals surface area contributed by atoms with Crippen molar-refractivity contribution in [1.29, 1.82) is 0 Å². The number of likely N-dealkylation sites (tertiary alicyclic amines) is 1. The lowest BCUT2D eigenvalue weighted by Crippen LogP contribution is -2.49. The standard InChI is InChI=1S/2C12H21NO.C12H15NO.C11H19NO2.C8H15NO3S.C8H15NO/c2*1-8(2)12(14)13-10-4-5-11(13)7-9(3)6-10;1-9(2)12(14)13-7-10-5-3-4-6-11(10)8-13;1-7(2)11(14)12-8-3-4-9(12)6-10(13)5-8;1-7(2)8(10)9-3-5-13(11,12)6-4-9;1-7(2)8(10)9-5-3-4-6-9/h2*8-11H,4-7H2,1-3H3;3-6,9H,7-8H2,1-2H3;7-10,13H,3-6H2,1-2H3;7H,3-6H2,1-2H3;7H,3-6H2,1-2H3/t2*9?,10-,11+;;;;. The van der Waals surface area contributed by atoms with Crippen LogP contribution in [0, 0.1) is 47.3 Å². The van der Waals surface area contributed by atoms with E-state index in [2.05, 4.69) is 35.8 Å². The van der Waals surface area contributed by atoms with E-state index in [0.29, 0.717) is 67.1 Å². The Morgan fingerprint density at radius 2 is 0.684 bits per heavy atom. The molecule has 15 nitrogen and oxygen atoms in total. The van der Waals surface area contributed by atoms with E-state index >= 15 is 0 Å². The van der Waals surface area contributed by atoms with Gasteiger partial charge in [0.15, 0.2) is 9.84 Å². The average Bonchev–Trinajstić information content (AvgIpc) is 4.25. The monoisotopic (exact) mass is 1120 g/mol. The van der Waals surface area contributed by atoms with E-state index in [1.54, 1.807) is 4.90 Å². The van der Waals surface area contributed by atoms with Crippen molar-refractivity contribution in [2.24, 2.45) is 47.3 Å². The van der Waals surface area contributed by atoms with E-state index in [1.165, 1.54) is 75.3 Å². The molecule has 448 valence electrons. The second-order valence-corrected chi connectivity index (χ2v) is 28.9. The lowest BCUT2D eigenvalue weighted by molar-refractivity contribution is -0.141. The molecule has 0 radical (unpaired) electrons. The van der Waals surface area contributed by atoms with Crippen LogP contribution < -0.4 is 0 Å². The fourth-order valence-corrected chi connectivity index (χ4v) is 14.7. The third-order valence-electron chi connectivity index (χ3n) is 17.6. The predicted octanol–water partition coefficient (Wildman–Crippen LogP) is 9.37. The van der Waals surface area contributed by atoms with Crippen LogP contribution >= 0.6 is 0 Å². The second kappa shape index (κ2) is 29.8. The van der Waals surface area contributed by atoms with Crippen molar-refractivity contribution in [3.8, 4) is 0 Å². The zero-order valence-electron chi connectivity index (χ0n) is 51.3. The van der Waals surface area contributed by atoms with E-state index < -0.39 is 9.84 Å². The Kier molecular flexibility index (Phi) is 24.8. The number of aliphatic hydroxyl groups is 1. The van der Waals surface area contributed by atoms with Crippen LogP contribution in [0.3, 0.4) is 0 Å². The molecule has 0 aliphatic carbocycles. The van der Waals surface area contributed by atoms with Crippen LogP contribution in [-0.4, -0.2) is 158 Å². The molecule has 1 aromatic rings. The third kappa shape index (κ3) is 18.2. The van der Waals surface area contributed by atoms with Crippen molar-refractivity contribution in [3.63, 3.8) is 0 Å². The Morgan fingerprint density at radius 1 is 0.418 bits per heavy atom. The summed E-state index contributed by atoms with van der Waals surface area (Å²) in [6.45, 7) is 32.3. The Labute approximate surface area is 477 Å². The van der Waals surface area contributed by atoms with E-state index in [9.17, 15) is 42.3 Å². The van der Waals surface area contributed by atoms with Gasteiger partial charge in [-0.1, -0.05) is 121 Å². The first-order chi connectivity index (χ1) is 37.1. The fraction of sp³-hybridized carbons (Fsp3) is 0.810. The van der Waals surface area contributed by atoms with Gasteiger partial charge < -0.3 is 34.5 Å². The molecule has 0 saturated carbocycles. The number of rotatable bonds is 6. The summed E-state index contributed by atoms with van der Waals surface area (Å²) >= 11 is 0. The first-order valence-corrected chi connectivity index (χ1v) is 32.7. The first-order valence-electron chi connectivity index (χ1n) is 30.9. The van der Waals surface area contributed by atoms with Crippen molar-refractivity contribution >= 4 is 45.3 Å². The third-order valence-corrected chi connectivity index (χ3v) is 19.2. The van der Waals surface area contributed by atoms with Gasteiger partial charge in [-0.3, -0.25) is 28.8 Å². The maximum absolute atomic E-state index is 12.0. The summed E-state index contributed by atoms with van der Waals surface area (Å²) in [4.78, 5) is 82.3. The molecule has 0 spiro atoms. The van der Waals surface area contributed by atoms with Gasteiger partial charge in [-0.2, -0.15) is 0 Å². The highest BCUT2D eigenvalue weighted by atomic mass is 32.2. The second-order valence-electron chi connectivity index (χ2n) is 26.6. The zero-order chi connectivity index (χ0) is 58.6. The van der Waals surface area contributed by atoms with Crippen molar-refractivity contribution in [3.05, 3.63) is 35.4 Å². The summed E-state index contributed by atoms with van der Waals surface area (Å²) in [5.74, 6) is 4.20. The molecule has 79 heavy (non-hydrogen) atoms. The maximum Gasteiger partial charge on any atom is 0.225 e. The zero-order valence-corrected chi connectivity index (χ0v) is 52.1. The van der Waals surface area contributed by atoms with Crippen molar-refractivity contribution < 1.29 is 42.3 Å². The van der Waals surface area contributed by atoms with Crippen molar-refractivity contribution in [2.45, 2.75) is 242 Å². The molecule has 0 aromatic heterocycles. The summed E-state index contributed by atoms with van der Waals surface area (Å²) in [6, 6.07) is 11.2. The molecular formula is C63H106N6O9S. The molecule has 16 heteroatoms. The minimum absolute atomic E-state index is 0.0409. The highest BCUT2D eigenvalue weighted by Gasteiger charge is 2.45. The number of carbonyl (C=O) groups is 6. The van der Waals surface area contributed by atoms with Gasteiger partial charge >= 0.3 is 0 Å². The van der Waals surface area contributed by atoms with Crippen molar-refractivity contribution in [2.75, 3.05) is 37.7 Å². The van der Waals surface area contributed by atoms with Crippen LogP contribution in [0.5, 0.6) is 0 Å². The van der Waals surface area contributed by atoms with E-state index in [4.69, 9.17) is 0 Å². The number of hydrogen-bond donors (Lipinski definition) is 1. The van der Waals surface area contributed by atoms with Gasteiger partial charge in [0.25, 0.3) is 0 Å². The molecule has 8 fully saturated rings. The van der Waals surface area contributed by atoms with Crippen LogP contribution in [0.2, 0.25) is 0 Å². The van der Waals surface area contributed by atoms with Crippen LogP contribution in [0.25, 0.3) is 0 Å². The number of fused-ring (bicyclic) bond motifs is 7. The molecule has 1 aromatic carbocycles.